The van der Waals surface area contributed by atoms with Crippen LogP contribution in [0.3, 0.4) is 0 Å². The second kappa shape index (κ2) is 12.2. The van der Waals surface area contributed by atoms with Gasteiger partial charge in [0, 0.05) is 23.7 Å². The first-order valence-electron chi connectivity index (χ1n) is 12.2. The number of alkyl carbamates (subject to hydrolysis) is 1. The lowest BCUT2D eigenvalue weighted by molar-refractivity contribution is -0.130. The van der Waals surface area contributed by atoms with Gasteiger partial charge in [0.15, 0.2) is 0 Å². The minimum Gasteiger partial charge on any atom is -0.465 e. The van der Waals surface area contributed by atoms with Crippen LogP contribution in [0.4, 0.5) is 15.3 Å². The Morgan fingerprint density at radius 1 is 1.13 bits per heavy atom. The molecule has 2 aromatic rings. The summed E-state index contributed by atoms with van der Waals surface area (Å²) < 4.78 is 5.23. The molecule has 0 fully saturated rings. The Balaban J connectivity index is 1.76. The van der Waals surface area contributed by atoms with E-state index in [9.17, 15) is 24.3 Å². The van der Waals surface area contributed by atoms with Crippen LogP contribution < -0.4 is 16.0 Å². The maximum absolute atomic E-state index is 13.3. The van der Waals surface area contributed by atoms with Crippen molar-refractivity contribution in [3.8, 4) is 0 Å². The summed E-state index contributed by atoms with van der Waals surface area (Å²) >= 11 is 6.08. The zero-order valence-electron chi connectivity index (χ0n) is 21.8. The van der Waals surface area contributed by atoms with Crippen LogP contribution in [0.25, 0.3) is 0 Å². The van der Waals surface area contributed by atoms with Crippen LogP contribution in [0.15, 0.2) is 42.5 Å². The van der Waals surface area contributed by atoms with Gasteiger partial charge in [-0.15, -0.1) is 0 Å². The maximum Gasteiger partial charge on any atom is 0.408 e. The van der Waals surface area contributed by atoms with Crippen molar-refractivity contribution in [1.82, 2.24) is 15.5 Å². The summed E-state index contributed by atoms with van der Waals surface area (Å²) in [5.41, 5.74) is 2.24. The zero-order valence-corrected chi connectivity index (χ0v) is 22.6. The van der Waals surface area contributed by atoms with Crippen LogP contribution in [0, 0.1) is 6.92 Å². The average molecular weight is 545 g/mol. The molecule has 2 atom stereocenters. The quantitative estimate of drug-likeness (QED) is 0.414. The van der Waals surface area contributed by atoms with Crippen molar-refractivity contribution in [2.75, 3.05) is 11.9 Å². The minimum atomic E-state index is -1.23. The first kappa shape index (κ1) is 28.8. The molecule has 0 saturated heterocycles. The molecule has 0 spiro atoms. The molecule has 0 saturated carbocycles. The van der Waals surface area contributed by atoms with Crippen molar-refractivity contribution in [3.63, 3.8) is 0 Å². The molecule has 4 N–H and O–H groups in total. The number of halogens is 1. The lowest BCUT2D eigenvalue weighted by Gasteiger charge is -2.34. The molecule has 4 amide bonds. The molecular weight excluding hydrogens is 512 g/mol. The second-order valence-corrected chi connectivity index (χ2v) is 10.5. The Morgan fingerprint density at radius 2 is 1.82 bits per heavy atom. The number of nitrogens with one attached hydrogen (secondary N) is 3. The first-order chi connectivity index (χ1) is 17.8. The average Bonchev–Trinajstić information content (AvgIpc) is 2.83. The fourth-order valence-corrected chi connectivity index (χ4v) is 4.20. The summed E-state index contributed by atoms with van der Waals surface area (Å²) in [6, 6.07) is 10.2. The van der Waals surface area contributed by atoms with Crippen LogP contribution in [0.2, 0.25) is 5.02 Å². The number of carbonyl (C=O) groups is 4. The number of ether oxygens (including phenoxy) is 1. The van der Waals surface area contributed by atoms with E-state index in [1.807, 2.05) is 24.3 Å². The molecular formula is C27H33ClN4O6. The smallest absolute Gasteiger partial charge is 0.408 e. The molecule has 2 aromatic carbocycles. The van der Waals surface area contributed by atoms with Gasteiger partial charge in [-0.2, -0.15) is 0 Å². The summed E-state index contributed by atoms with van der Waals surface area (Å²) in [5, 5.41) is 18.3. The van der Waals surface area contributed by atoms with Gasteiger partial charge in [-0.25, -0.2) is 9.59 Å². The van der Waals surface area contributed by atoms with E-state index in [1.165, 1.54) is 0 Å². The van der Waals surface area contributed by atoms with Crippen molar-refractivity contribution in [3.05, 3.63) is 64.2 Å². The molecule has 204 valence electrons. The summed E-state index contributed by atoms with van der Waals surface area (Å²) in [6.07, 6.45) is -1.67. The van der Waals surface area contributed by atoms with E-state index in [0.29, 0.717) is 10.7 Å². The van der Waals surface area contributed by atoms with Crippen LogP contribution >= 0.6 is 11.6 Å². The number of carbonyl (C=O) groups excluding carboxylic acids is 3. The number of rotatable bonds is 7. The van der Waals surface area contributed by atoms with E-state index < -0.39 is 41.7 Å². The van der Waals surface area contributed by atoms with Crippen molar-refractivity contribution >= 4 is 41.3 Å². The lowest BCUT2D eigenvalue weighted by atomic mass is 9.93. The fourth-order valence-electron chi connectivity index (χ4n) is 4.08. The maximum atomic E-state index is 13.3. The zero-order chi connectivity index (χ0) is 28.0. The monoisotopic (exact) mass is 544 g/mol. The molecule has 11 heteroatoms. The SMILES string of the molecule is Cc1cc(NC(=O)C(CCNC(=O)OC(C)(C)C)NC(=O)[C@@H]2Cc3ccccc3CN2C(=O)O)ccc1Cl. The van der Waals surface area contributed by atoms with Gasteiger partial charge in [-0.05, 0) is 69.0 Å². The van der Waals surface area contributed by atoms with E-state index in [1.54, 1.807) is 45.9 Å². The Labute approximate surface area is 226 Å². The molecule has 10 nitrogen and oxygen atoms in total. The van der Waals surface area contributed by atoms with Gasteiger partial charge in [0.25, 0.3) is 0 Å². The highest BCUT2D eigenvalue weighted by Crippen LogP contribution is 2.24. The van der Waals surface area contributed by atoms with Crippen molar-refractivity contribution in [1.29, 1.82) is 0 Å². The molecule has 3 rings (SSSR count). The van der Waals surface area contributed by atoms with Crippen LogP contribution in [0.1, 0.15) is 43.9 Å². The molecule has 38 heavy (non-hydrogen) atoms. The number of fused-ring (bicyclic) bond motifs is 1. The molecule has 1 aliphatic rings. The molecule has 0 aliphatic carbocycles. The van der Waals surface area contributed by atoms with Gasteiger partial charge in [-0.1, -0.05) is 35.9 Å². The number of benzene rings is 2. The van der Waals surface area contributed by atoms with Gasteiger partial charge < -0.3 is 25.8 Å². The molecule has 0 bridgehead atoms. The van der Waals surface area contributed by atoms with Gasteiger partial charge in [0.1, 0.15) is 17.7 Å². The van der Waals surface area contributed by atoms with Crippen LogP contribution in [0.5, 0.6) is 0 Å². The standard InChI is InChI=1S/C27H33ClN4O6/c1-16-13-19(9-10-20(16)28)30-23(33)21(11-12-29-25(35)38-27(2,3)4)31-24(34)22-14-17-7-5-6-8-18(17)15-32(22)26(36)37/h5-10,13,21-22H,11-12,14-15H2,1-4H3,(H,29,35)(H,30,33)(H,31,34)(H,36,37)/t21?,22-/m0/s1. The number of anilines is 1. The van der Waals surface area contributed by atoms with E-state index in [0.717, 1.165) is 21.6 Å². The summed E-state index contributed by atoms with van der Waals surface area (Å²) in [4.78, 5) is 51.6. The number of hydrogen-bond donors (Lipinski definition) is 4. The Kier molecular flexibility index (Phi) is 9.22. The third-order valence-corrected chi connectivity index (χ3v) is 6.38. The van der Waals surface area contributed by atoms with Gasteiger partial charge in [-0.3, -0.25) is 14.5 Å². The normalized spacial score (nSPS) is 15.6. The number of nitrogens with zero attached hydrogens (tertiary/aromatic N) is 1. The highest BCUT2D eigenvalue weighted by Gasteiger charge is 2.36. The van der Waals surface area contributed by atoms with E-state index in [-0.39, 0.29) is 25.9 Å². The molecule has 1 unspecified atom stereocenters. The van der Waals surface area contributed by atoms with Crippen molar-refractivity contribution in [2.45, 2.75) is 64.8 Å². The molecule has 1 aliphatic heterocycles. The highest BCUT2D eigenvalue weighted by molar-refractivity contribution is 6.31. The number of amides is 4. The van der Waals surface area contributed by atoms with Gasteiger partial charge >= 0.3 is 12.2 Å². The van der Waals surface area contributed by atoms with E-state index in [2.05, 4.69) is 16.0 Å². The third-order valence-electron chi connectivity index (χ3n) is 5.96. The fraction of sp³-hybridized carbons (Fsp3) is 0.407. The summed E-state index contributed by atoms with van der Waals surface area (Å²) in [5.74, 6) is -1.13. The Bertz CT molecular complexity index is 1210. The number of hydrogen-bond acceptors (Lipinski definition) is 5. The van der Waals surface area contributed by atoms with Crippen LogP contribution in [-0.4, -0.2) is 58.2 Å². The van der Waals surface area contributed by atoms with E-state index in [4.69, 9.17) is 16.3 Å². The molecule has 0 radical (unpaired) electrons. The number of aryl methyl sites for hydroxylation is 1. The minimum absolute atomic E-state index is 0.0308. The summed E-state index contributed by atoms with van der Waals surface area (Å²) in [7, 11) is 0. The highest BCUT2D eigenvalue weighted by atomic mass is 35.5. The third kappa shape index (κ3) is 7.85. The number of carboxylic acid groups (broad SMARTS) is 1. The Hall–Kier alpha value is -3.79. The topological polar surface area (TPSA) is 137 Å². The Morgan fingerprint density at radius 3 is 2.45 bits per heavy atom. The molecule has 0 aromatic heterocycles. The van der Waals surface area contributed by atoms with Crippen molar-refractivity contribution in [2.24, 2.45) is 0 Å². The van der Waals surface area contributed by atoms with Gasteiger partial charge in [0.05, 0.1) is 6.54 Å². The lowest BCUT2D eigenvalue weighted by Crippen LogP contribution is -2.56. The van der Waals surface area contributed by atoms with Crippen molar-refractivity contribution < 1.29 is 29.0 Å². The first-order valence-corrected chi connectivity index (χ1v) is 12.6. The largest absolute Gasteiger partial charge is 0.465 e. The van der Waals surface area contributed by atoms with E-state index >= 15 is 0 Å². The second-order valence-electron chi connectivity index (χ2n) is 10.1. The predicted molar refractivity (Wildman–Crippen MR) is 143 cm³/mol. The van der Waals surface area contributed by atoms with Crippen LogP contribution in [-0.2, 0) is 27.3 Å². The van der Waals surface area contributed by atoms with Gasteiger partial charge in [0.2, 0.25) is 11.8 Å². The predicted octanol–water partition coefficient (Wildman–Crippen LogP) is 4.09. The summed E-state index contributed by atoms with van der Waals surface area (Å²) in [6.45, 7) is 7.08. The molecule has 1 heterocycles.